The summed E-state index contributed by atoms with van der Waals surface area (Å²) in [7, 11) is 0. The molecule has 2 aromatic carbocycles. The van der Waals surface area contributed by atoms with Crippen LogP contribution in [-0.2, 0) is 11.3 Å². The Morgan fingerprint density at radius 1 is 1.13 bits per heavy atom. The van der Waals surface area contributed by atoms with Gasteiger partial charge < -0.3 is 4.90 Å². The maximum absolute atomic E-state index is 13.3. The van der Waals surface area contributed by atoms with E-state index in [0.717, 1.165) is 16.3 Å². The van der Waals surface area contributed by atoms with Gasteiger partial charge in [-0.2, -0.15) is 0 Å². The van der Waals surface area contributed by atoms with Gasteiger partial charge >= 0.3 is 0 Å². The van der Waals surface area contributed by atoms with Gasteiger partial charge in [0.05, 0.1) is 11.3 Å². The largest absolute Gasteiger partial charge is 0.333 e. The standard InChI is InChI=1S/C24H20ClN3O2/c1-16-7-8-22-19(10-16)11-20(23(29)27-22)15-28(14-17-4-3-9-26-13-17)24(30)18-5-2-6-21(25)12-18/h2-13,20H,14-15H2,1H3. The van der Waals surface area contributed by atoms with Gasteiger partial charge in [-0.15, -0.1) is 0 Å². The topological polar surface area (TPSA) is 62.6 Å². The van der Waals surface area contributed by atoms with E-state index in [1.807, 2.05) is 43.3 Å². The summed E-state index contributed by atoms with van der Waals surface area (Å²) in [5, 5.41) is 2.07. The van der Waals surface area contributed by atoms with Crippen LogP contribution in [0.4, 0.5) is 0 Å². The molecule has 4 rings (SSSR count). The van der Waals surface area contributed by atoms with Crippen LogP contribution in [0, 0.1) is 12.8 Å². The van der Waals surface area contributed by atoms with Gasteiger partial charge in [-0.25, -0.2) is 4.99 Å². The van der Waals surface area contributed by atoms with Crippen LogP contribution in [0.2, 0.25) is 5.02 Å². The molecule has 0 N–H and O–H groups in total. The summed E-state index contributed by atoms with van der Waals surface area (Å²) in [5.74, 6) is -0.960. The van der Waals surface area contributed by atoms with E-state index in [1.165, 1.54) is 0 Å². The van der Waals surface area contributed by atoms with Gasteiger partial charge in [0.15, 0.2) is 0 Å². The van der Waals surface area contributed by atoms with Gasteiger partial charge in [-0.1, -0.05) is 47.5 Å². The van der Waals surface area contributed by atoms with Gasteiger partial charge in [0.25, 0.3) is 11.8 Å². The molecule has 5 nitrogen and oxygen atoms in total. The molecule has 0 saturated heterocycles. The minimum absolute atomic E-state index is 0.197. The van der Waals surface area contributed by atoms with Crippen molar-refractivity contribution in [1.29, 1.82) is 0 Å². The zero-order valence-electron chi connectivity index (χ0n) is 16.5. The average Bonchev–Trinajstić information content (AvgIpc) is 2.74. The molecule has 0 spiro atoms. The van der Waals surface area contributed by atoms with E-state index in [2.05, 4.69) is 9.98 Å². The number of hydrogen-bond acceptors (Lipinski definition) is 3. The molecular weight excluding hydrogens is 398 g/mol. The van der Waals surface area contributed by atoms with Crippen LogP contribution in [0.3, 0.4) is 0 Å². The summed E-state index contributed by atoms with van der Waals surface area (Å²) in [6.07, 6.45) is 5.30. The number of aromatic nitrogens is 1. The number of amides is 2. The first kappa shape index (κ1) is 20.0. The Labute approximate surface area is 179 Å². The van der Waals surface area contributed by atoms with Crippen LogP contribution in [-0.4, -0.2) is 28.2 Å². The third-order valence-corrected chi connectivity index (χ3v) is 5.22. The predicted molar refractivity (Wildman–Crippen MR) is 115 cm³/mol. The number of hydrogen-bond donors (Lipinski definition) is 0. The second-order valence-electron chi connectivity index (χ2n) is 7.34. The highest BCUT2D eigenvalue weighted by Gasteiger charge is 2.25. The van der Waals surface area contributed by atoms with E-state index in [4.69, 9.17) is 11.6 Å². The number of carbonyl (C=O) groups is 2. The first-order valence-corrected chi connectivity index (χ1v) is 10.0. The van der Waals surface area contributed by atoms with Gasteiger partial charge in [0.1, 0.15) is 0 Å². The normalized spacial score (nSPS) is 15.0. The number of halogens is 1. The van der Waals surface area contributed by atoms with E-state index in [-0.39, 0.29) is 18.4 Å². The highest BCUT2D eigenvalue weighted by atomic mass is 35.5. The molecule has 0 radical (unpaired) electrons. The quantitative estimate of drug-likeness (QED) is 0.641. The molecule has 0 bridgehead atoms. The van der Waals surface area contributed by atoms with Crippen LogP contribution in [0.15, 0.2) is 72.0 Å². The zero-order chi connectivity index (χ0) is 21.1. The Bertz CT molecular complexity index is 1220. The third kappa shape index (κ3) is 4.47. The summed E-state index contributed by atoms with van der Waals surface area (Å²) in [4.78, 5) is 36.0. The van der Waals surface area contributed by atoms with Crippen molar-refractivity contribution in [3.63, 3.8) is 0 Å². The summed E-state index contributed by atoms with van der Waals surface area (Å²) < 4.78 is 0. The van der Waals surface area contributed by atoms with Crippen LogP contribution >= 0.6 is 11.6 Å². The number of nitrogens with zero attached hydrogens (tertiary/aromatic N) is 3. The second-order valence-corrected chi connectivity index (χ2v) is 7.78. The first-order chi connectivity index (χ1) is 14.5. The molecule has 2 heterocycles. The average molecular weight is 418 g/mol. The summed E-state index contributed by atoms with van der Waals surface area (Å²) in [6.45, 7) is 2.55. The molecule has 1 aliphatic heterocycles. The molecule has 6 heteroatoms. The van der Waals surface area contributed by atoms with Crippen molar-refractivity contribution < 1.29 is 9.59 Å². The van der Waals surface area contributed by atoms with Crippen LogP contribution < -0.4 is 10.6 Å². The lowest BCUT2D eigenvalue weighted by Gasteiger charge is -2.26. The number of pyridine rings is 1. The minimum Gasteiger partial charge on any atom is -0.333 e. The lowest BCUT2D eigenvalue weighted by Crippen LogP contribution is -2.41. The van der Waals surface area contributed by atoms with Crippen molar-refractivity contribution in [1.82, 2.24) is 9.88 Å². The lowest BCUT2D eigenvalue weighted by molar-refractivity contribution is -0.120. The zero-order valence-corrected chi connectivity index (χ0v) is 17.2. The molecule has 1 atom stereocenters. The summed E-state index contributed by atoms with van der Waals surface area (Å²) >= 11 is 6.08. The molecule has 1 unspecified atom stereocenters. The maximum Gasteiger partial charge on any atom is 0.254 e. The lowest BCUT2D eigenvalue weighted by atomic mass is 10.0. The highest BCUT2D eigenvalue weighted by Crippen LogP contribution is 2.17. The van der Waals surface area contributed by atoms with E-state index in [0.29, 0.717) is 22.5 Å². The Kier molecular flexibility index (Phi) is 5.72. The molecule has 1 aliphatic rings. The number of rotatable bonds is 5. The van der Waals surface area contributed by atoms with Crippen LogP contribution in [0.25, 0.3) is 6.08 Å². The van der Waals surface area contributed by atoms with E-state index < -0.39 is 5.92 Å². The van der Waals surface area contributed by atoms with Crippen molar-refractivity contribution in [2.45, 2.75) is 13.5 Å². The van der Waals surface area contributed by atoms with Crippen molar-refractivity contribution in [2.75, 3.05) is 6.54 Å². The molecule has 0 aliphatic carbocycles. The van der Waals surface area contributed by atoms with Gasteiger partial charge in [0.2, 0.25) is 0 Å². The minimum atomic E-state index is -0.515. The monoisotopic (exact) mass is 417 g/mol. The second kappa shape index (κ2) is 8.59. The van der Waals surface area contributed by atoms with Crippen LogP contribution in [0.1, 0.15) is 21.5 Å². The number of benzene rings is 2. The maximum atomic E-state index is 13.3. The molecule has 30 heavy (non-hydrogen) atoms. The molecular formula is C24H20ClN3O2. The van der Waals surface area contributed by atoms with Crippen LogP contribution in [0.5, 0.6) is 0 Å². The fraction of sp³-hybridized carbons (Fsp3) is 0.167. The Morgan fingerprint density at radius 3 is 2.77 bits per heavy atom. The highest BCUT2D eigenvalue weighted by molar-refractivity contribution is 6.30. The van der Waals surface area contributed by atoms with Gasteiger partial charge in [-0.05, 0) is 48.0 Å². The first-order valence-electron chi connectivity index (χ1n) is 9.64. The Hall–Kier alpha value is -3.31. The van der Waals surface area contributed by atoms with Crippen molar-refractivity contribution in [2.24, 2.45) is 10.9 Å². The van der Waals surface area contributed by atoms with Gasteiger partial charge in [-0.3, -0.25) is 14.6 Å². The van der Waals surface area contributed by atoms with Gasteiger partial charge in [0, 0.05) is 36.1 Å². The SMILES string of the molecule is Cc1ccc2c(c1)=CC(CN(Cc1cccnc1)C(=O)c1cccc(Cl)c1)C(=O)N=2. The molecule has 0 saturated carbocycles. The number of fused-ring (bicyclic) bond motifs is 1. The number of carbonyl (C=O) groups excluding carboxylic acids is 2. The van der Waals surface area contributed by atoms with Crippen molar-refractivity contribution in [3.05, 3.63) is 99.3 Å². The molecule has 150 valence electrons. The summed E-state index contributed by atoms with van der Waals surface area (Å²) in [5.41, 5.74) is 2.45. The van der Waals surface area contributed by atoms with E-state index in [9.17, 15) is 9.59 Å². The molecule has 1 aromatic heterocycles. The predicted octanol–water partition coefficient (Wildman–Crippen LogP) is 2.94. The smallest absolute Gasteiger partial charge is 0.254 e. The number of aryl methyl sites for hydroxylation is 1. The molecule has 2 amide bonds. The van der Waals surface area contributed by atoms with E-state index >= 15 is 0 Å². The molecule has 3 aromatic rings. The summed E-state index contributed by atoms with van der Waals surface area (Å²) in [6, 6.07) is 16.3. The van der Waals surface area contributed by atoms with E-state index in [1.54, 1.807) is 41.6 Å². The Balaban J connectivity index is 1.67. The molecule has 0 fully saturated rings. The van der Waals surface area contributed by atoms with Crippen molar-refractivity contribution >= 4 is 29.5 Å². The fourth-order valence-corrected chi connectivity index (χ4v) is 3.69. The fourth-order valence-electron chi connectivity index (χ4n) is 3.50. The Morgan fingerprint density at radius 2 is 2.00 bits per heavy atom. The van der Waals surface area contributed by atoms with Crippen molar-refractivity contribution in [3.8, 4) is 0 Å². The third-order valence-electron chi connectivity index (χ3n) is 4.98.